The fourth-order valence-electron chi connectivity index (χ4n) is 3.72. The summed E-state index contributed by atoms with van der Waals surface area (Å²) in [4.78, 5) is 31.3. The Balaban J connectivity index is 1.85. The van der Waals surface area contributed by atoms with Crippen LogP contribution in [0.25, 0.3) is 6.08 Å². The number of allylic oxidation sites excluding steroid dienone is 1. The van der Waals surface area contributed by atoms with Crippen LogP contribution in [-0.2, 0) is 9.53 Å². The molecule has 33 heavy (non-hydrogen) atoms. The first-order valence-corrected chi connectivity index (χ1v) is 11.3. The van der Waals surface area contributed by atoms with Crippen molar-refractivity contribution in [1.82, 2.24) is 4.57 Å². The lowest BCUT2D eigenvalue weighted by molar-refractivity contribution is -0.136. The molecule has 0 fully saturated rings. The Morgan fingerprint density at radius 1 is 1.15 bits per heavy atom. The highest BCUT2D eigenvalue weighted by atomic mass is 32.1. The number of carbonyl (C=O) groups excluding carboxylic acids is 1. The number of aryl methyl sites for hydroxylation is 1. The number of methoxy groups -OCH3 is 1. The van der Waals surface area contributed by atoms with E-state index in [1.807, 2.05) is 61.5 Å². The van der Waals surface area contributed by atoms with Gasteiger partial charge in [0.15, 0.2) is 4.80 Å². The number of carbonyl (C=O) groups is 1. The van der Waals surface area contributed by atoms with Gasteiger partial charge in [0.05, 0.1) is 29.0 Å². The third-order valence-corrected chi connectivity index (χ3v) is 6.35. The Bertz CT molecular complexity index is 1410. The van der Waals surface area contributed by atoms with Gasteiger partial charge in [0.1, 0.15) is 12.4 Å². The van der Waals surface area contributed by atoms with Crippen LogP contribution in [0.5, 0.6) is 5.75 Å². The van der Waals surface area contributed by atoms with Crippen LogP contribution in [0.4, 0.5) is 0 Å². The van der Waals surface area contributed by atoms with Gasteiger partial charge in [0.2, 0.25) is 0 Å². The number of esters is 1. The van der Waals surface area contributed by atoms with Crippen LogP contribution in [-0.4, -0.2) is 24.3 Å². The molecule has 0 saturated carbocycles. The smallest absolute Gasteiger partial charge is 0.338 e. The van der Waals surface area contributed by atoms with Crippen molar-refractivity contribution in [2.75, 3.05) is 13.7 Å². The number of benzene rings is 2. The van der Waals surface area contributed by atoms with E-state index in [9.17, 15) is 9.59 Å². The van der Waals surface area contributed by atoms with Crippen molar-refractivity contribution >= 4 is 23.4 Å². The summed E-state index contributed by atoms with van der Waals surface area (Å²) < 4.78 is 12.7. The van der Waals surface area contributed by atoms with Crippen molar-refractivity contribution in [3.63, 3.8) is 0 Å². The lowest BCUT2D eigenvalue weighted by Gasteiger charge is -2.24. The lowest BCUT2D eigenvalue weighted by atomic mass is 9.95. The van der Waals surface area contributed by atoms with E-state index < -0.39 is 12.0 Å². The highest BCUT2D eigenvalue weighted by molar-refractivity contribution is 7.07. The van der Waals surface area contributed by atoms with Gasteiger partial charge in [0.25, 0.3) is 5.56 Å². The molecule has 0 bridgehead atoms. The summed E-state index contributed by atoms with van der Waals surface area (Å²) in [5.41, 5.74) is 3.49. The van der Waals surface area contributed by atoms with Crippen LogP contribution in [0.2, 0.25) is 0 Å². The molecule has 2 aromatic carbocycles. The average molecular weight is 461 g/mol. The quantitative estimate of drug-likeness (QED) is 0.418. The van der Waals surface area contributed by atoms with Crippen LogP contribution >= 0.6 is 11.3 Å². The first kappa shape index (κ1) is 22.5. The Labute approximate surface area is 195 Å². The molecule has 0 spiro atoms. The summed E-state index contributed by atoms with van der Waals surface area (Å²) in [7, 11) is 1.34. The number of rotatable bonds is 6. The van der Waals surface area contributed by atoms with Crippen LogP contribution in [0.1, 0.15) is 29.7 Å². The summed E-state index contributed by atoms with van der Waals surface area (Å²) in [6, 6.07) is 14.7. The molecule has 168 valence electrons. The molecule has 0 amide bonds. The number of thiazole rings is 1. The molecule has 7 heteroatoms. The maximum absolute atomic E-state index is 13.5. The summed E-state index contributed by atoms with van der Waals surface area (Å²) in [6.07, 6.45) is 3.51. The van der Waals surface area contributed by atoms with Gasteiger partial charge in [-0.3, -0.25) is 9.36 Å². The predicted molar refractivity (Wildman–Crippen MR) is 129 cm³/mol. The van der Waals surface area contributed by atoms with E-state index >= 15 is 0 Å². The van der Waals surface area contributed by atoms with Gasteiger partial charge >= 0.3 is 5.97 Å². The lowest BCUT2D eigenvalue weighted by Crippen LogP contribution is -2.39. The molecule has 4 rings (SSSR count). The van der Waals surface area contributed by atoms with E-state index in [1.54, 1.807) is 17.6 Å². The zero-order chi connectivity index (χ0) is 23.5. The molecule has 1 aliphatic rings. The van der Waals surface area contributed by atoms with Gasteiger partial charge < -0.3 is 9.47 Å². The summed E-state index contributed by atoms with van der Waals surface area (Å²) in [5.74, 6) is 0.234. The minimum absolute atomic E-state index is 0.204. The number of aromatic nitrogens is 1. The monoisotopic (exact) mass is 460 g/mol. The van der Waals surface area contributed by atoms with Gasteiger partial charge in [-0.15, -0.1) is 0 Å². The second kappa shape index (κ2) is 9.42. The van der Waals surface area contributed by atoms with Crippen molar-refractivity contribution in [2.45, 2.75) is 19.9 Å². The highest BCUT2D eigenvalue weighted by Crippen LogP contribution is 2.30. The number of hydrogen-bond acceptors (Lipinski definition) is 6. The summed E-state index contributed by atoms with van der Waals surface area (Å²) >= 11 is 1.30. The average Bonchev–Trinajstić information content (AvgIpc) is 3.12. The molecule has 1 aromatic heterocycles. The van der Waals surface area contributed by atoms with Crippen molar-refractivity contribution in [2.24, 2.45) is 4.99 Å². The Morgan fingerprint density at radius 2 is 1.85 bits per heavy atom. The maximum Gasteiger partial charge on any atom is 0.338 e. The van der Waals surface area contributed by atoms with Crippen molar-refractivity contribution in [3.05, 3.63) is 109 Å². The highest BCUT2D eigenvalue weighted by Gasteiger charge is 2.32. The molecule has 0 N–H and O–H groups in total. The van der Waals surface area contributed by atoms with Gasteiger partial charge in [-0.25, -0.2) is 9.79 Å². The Morgan fingerprint density at radius 3 is 2.48 bits per heavy atom. The largest absolute Gasteiger partial charge is 0.490 e. The zero-order valence-electron chi connectivity index (χ0n) is 18.7. The van der Waals surface area contributed by atoms with Crippen molar-refractivity contribution in [3.8, 4) is 5.75 Å². The van der Waals surface area contributed by atoms with Crippen LogP contribution in [0.3, 0.4) is 0 Å². The van der Waals surface area contributed by atoms with Crippen LogP contribution < -0.4 is 19.6 Å². The second-order valence-electron chi connectivity index (χ2n) is 7.65. The van der Waals surface area contributed by atoms with Gasteiger partial charge in [-0.05, 0) is 43.2 Å². The van der Waals surface area contributed by atoms with Crippen molar-refractivity contribution in [1.29, 1.82) is 0 Å². The molecule has 0 aliphatic carbocycles. The summed E-state index contributed by atoms with van der Waals surface area (Å²) in [6.45, 7) is 7.83. The van der Waals surface area contributed by atoms with Gasteiger partial charge in [-0.2, -0.15) is 0 Å². The third kappa shape index (κ3) is 4.45. The number of ether oxygens (including phenoxy) is 2. The number of nitrogens with zero attached hydrogens (tertiary/aromatic N) is 2. The SMILES string of the molecule is C=CCOc1ccc(/C=c2/sc3n(c2=O)[C@@H](c2ccc(C)cc2)C(C(=O)OC)=C(C)N=3)cc1. The molecule has 0 radical (unpaired) electrons. The Kier molecular flexibility index (Phi) is 6.42. The third-order valence-electron chi connectivity index (χ3n) is 5.37. The zero-order valence-corrected chi connectivity index (χ0v) is 19.5. The standard InChI is InChI=1S/C26H24N2O4S/c1-5-14-32-20-12-8-18(9-13-20)15-21-24(29)28-23(19-10-6-16(2)7-11-19)22(25(30)31-4)17(3)27-26(28)33-21/h5-13,15,23H,1,14H2,2-4H3/b21-15+/t23-/m0/s1. The van der Waals surface area contributed by atoms with Gasteiger partial charge in [0, 0.05) is 0 Å². The van der Waals surface area contributed by atoms with Crippen LogP contribution in [0, 0.1) is 6.92 Å². The van der Waals surface area contributed by atoms with E-state index in [-0.39, 0.29) is 5.56 Å². The molecular formula is C26H24N2O4S. The summed E-state index contributed by atoms with van der Waals surface area (Å²) in [5, 5.41) is 0. The molecule has 1 atom stereocenters. The second-order valence-corrected chi connectivity index (χ2v) is 8.66. The fourth-order valence-corrected chi connectivity index (χ4v) is 4.77. The first-order valence-electron chi connectivity index (χ1n) is 10.4. The maximum atomic E-state index is 13.5. The molecule has 3 aromatic rings. The van der Waals surface area contributed by atoms with Gasteiger partial charge in [-0.1, -0.05) is 66.0 Å². The molecule has 1 aliphatic heterocycles. The minimum atomic E-state index is -0.605. The van der Waals surface area contributed by atoms with E-state index in [2.05, 4.69) is 11.6 Å². The molecule has 2 heterocycles. The first-order chi connectivity index (χ1) is 15.9. The normalized spacial score (nSPS) is 15.6. The minimum Gasteiger partial charge on any atom is -0.490 e. The van der Waals surface area contributed by atoms with Crippen LogP contribution in [0.15, 0.2) is 82.2 Å². The predicted octanol–water partition coefficient (Wildman–Crippen LogP) is 3.28. The molecule has 0 saturated heterocycles. The van der Waals surface area contributed by atoms with E-state index in [0.29, 0.717) is 27.2 Å². The number of hydrogen-bond donors (Lipinski definition) is 0. The number of fused-ring (bicyclic) bond motifs is 1. The van der Waals surface area contributed by atoms with Crippen molar-refractivity contribution < 1.29 is 14.3 Å². The molecule has 6 nitrogen and oxygen atoms in total. The molecule has 0 unspecified atom stereocenters. The van der Waals surface area contributed by atoms with E-state index in [4.69, 9.17) is 9.47 Å². The molecular weight excluding hydrogens is 436 g/mol. The van der Waals surface area contributed by atoms with E-state index in [0.717, 1.165) is 22.4 Å². The Hall–Kier alpha value is -3.71. The van der Waals surface area contributed by atoms with E-state index in [1.165, 1.54) is 18.4 Å². The topological polar surface area (TPSA) is 69.9 Å². The fraction of sp³-hybridized carbons (Fsp3) is 0.192.